The van der Waals surface area contributed by atoms with Crippen LogP contribution in [-0.2, 0) is 9.53 Å². The molecule has 0 saturated carbocycles. The van der Waals surface area contributed by atoms with Gasteiger partial charge >= 0.3 is 12.0 Å². The Bertz CT molecular complexity index is 1220. The first-order valence-corrected chi connectivity index (χ1v) is 12.9. The number of halogens is 2. The Morgan fingerprint density at radius 2 is 1.78 bits per heavy atom. The van der Waals surface area contributed by atoms with Crippen molar-refractivity contribution in [3.8, 4) is 0 Å². The van der Waals surface area contributed by atoms with Crippen LogP contribution in [0, 0.1) is 0 Å². The van der Waals surface area contributed by atoms with Gasteiger partial charge in [0, 0.05) is 60.6 Å². The van der Waals surface area contributed by atoms with Crippen LogP contribution >= 0.6 is 23.2 Å². The number of ether oxygens (including phenoxy) is 1. The van der Waals surface area contributed by atoms with E-state index in [0.29, 0.717) is 58.6 Å². The summed E-state index contributed by atoms with van der Waals surface area (Å²) in [7, 11) is 1.64. The second-order valence-electron chi connectivity index (χ2n) is 9.13. The van der Waals surface area contributed by atoms with E-state index in [1.807, 2.05) is 17.9 Å². The average Bonchev–Trinajstić information content (AvgIpc) is 2.87. The number of benzene rings is 2. The van der Waals surface area contributed by atoms with Crippen molar-refractivity contribution in [2.24, 2.45) is 0 Å². The molecule has 8 nitrogen and oxygen atoms in total. The summed E-state index contributed by atoms with van der Waals surface area (Å²) in [5, 5.41) is 3.92. The molecule has 0 radical (unpaired) electrons. The lowest BCUT2D eigenvalue weighted by atomic mass is 9.94. The second-order valence-corrected chi connectivity index (χ2v) is 9.98. The molecule has 0 bridgehead atoms. The quantitative estimate of drug-likeness (QED) is 0.546. The third-order valence-electron chi connectivity index (χ3n) is 6.73. The molecular formula is C27H30Cl2N4O4. The molecule has 2 atom stereocenters. The van der Waals surface area contributed by atoms with Gasteiger partial charge in [-0.05, 0) is 49.7 Å². The van der Waals surface area contributed by atoms with E-state index in [9.17, 15) is 14.4 Å². The van der Waals surface area contributed by atoms with Gasteiger partial charge in [0.25, 0.3) is 5.91 Å². The van der Waals surface area contributed by atoms with Crippen molar-refractivity contribution in [2.75, 3.05) is 39.8 Å². The fourth-order valence-electron chi connectivity index (χ4n) is 4.79. The van der Waals surface area contributed by atoms with E-state index in [1.165, 1.54) is 4.90 Å². The Morgan fingerprint density at radius 1 is 1.08 bits per heavy atom. The number of carbonyl (C=O) groups excluding carboxylic acids is 3. The Morgan fingerprint density at radius 3 is 2.43 bits per heavy atom. The molecule has 2 aliphatic heterocycles. The van der Waals surface area contributed by atoms with Crippen LogP contribution in [0.2, 0.25) is 10.0 Å². The summed E-state index contributed by atoms with van der Waals surface area (Å²) >= 11 is 12.4. The smallest absolute Gasteiger partial charge is 0.338 e. The molecule has 2 heterocycles. The van der Waals surface area contributed by atoms with Crippen LogP contribution in [0.3, 0.4) is 0 Å². The molecule has 2 aromatic carbocycles. The van der Waals surface area contributed by atoms with Gasteiger partial charge in [-0.2, -0.15) is 0 Å². The lowest BCUT2D eigenvalue weighted by Crippen LogP contribution is -2.56. The fraction of sp³-hybridized carbons (Fsp3) is 0.370. The Balaban J connectivity index is 1.60. The van der Waals surface area contributed by atoms with Crippen LogP contribution in [0.5, 0.6) is 0 Å². The van der Waals surface area contributed by atoms with Gasteiger partial charge in [-0.3, -0.25) is 14.6 Å². The van der Waals surface area contributed by atoms with E-state index in [2.05, 4.69) is 10.2 Å². The van der Waals surface area contributed by atoms with E-state index in [0.717, 1.165) is 0 Å². The van der Waals surface area contributed by atoms with E-state index in [-0.39, 0.29) is 24.6 Å². The SMILES string of the molecule is CCOC(=O)C1=C(CN2CCN(C(=O)c3ccc(Cl)cc3)[C@@H](C)C2)N(C)C(=O)N[C@@H]1c1ccccc1Cl. The number of hydrogen-bond donors (Lipinski definition) is 1. The fourth-order valence-corrected chi connectivity index (χ4v) is 5.16. The van der Waals surface area contributed by atoms with Crippen LogP contribution in [0.4, 0.5) is 4.79 Å². The number of hydrogen-bond acceptors (Lipinski definition) is 5. The zero-order valence-electron chi connectivity index (χ0n) is 21.0. The van der Waals surface area contributed by atoms with E-state index < -0.39 is 12.0 Å². The topological polar surface area (TPSA) is 82.2 Å². The third kappa shape index (κ3) is 5.76. The highest BCUT2D eigenvalue weighted by molar-refractivity contribution is 6.31. The molecule has 1 N–H and O–H groups in total. The summed E-state index contributed by atoms with van der Waals surface area (Å²) in [6.07, 6.45) is 0. The highest BCUT2D eigenvalue weighted by Crippen LogP contribution is 2.35. The number of likely N-dealkylation sites (N-methyl/N-ethyl adjacent to an activating group) is 1. The summed E-state index contributed by atoms with van der Waals surface area (Å²) in [4.78, 5) is 44.7. The molecule has 196 valence electrons. The summed E-state index contributed by atoms with van der Waals surface area (Å²) in [5.41, 5.74) is 2.11. The van der Waals surface area contributed by atoms with Gasteiger partial charge in [-0.25, -0.2) is 9.59 Å². The van der Waals surface area contributed by atoms with Crippen molar-refractivity contribution in [1.82, 2.24) is 20.0 Å². The molecule has 0 aliphatic carbocycles. The van der Waals surface area contributed by atoms with Gasteiger partial charge < -0.3 is 15.0 Å². The first-order chi connectivity index (χ1) is 17.7. The number of esters is 1. The van der Waals surface area contributed by atoms with Crippen molar-refractivity contribution in [3.63, 3.8) is 0 Å². The Labute approximate surface area is 226 Å². The van der Waals surface area contributed by atoms with Crippen molar-refractivity contribution >= 4 is 41.1 Å². The number of piperazine rings is 1. The third-order valence-corrected chi connectivity index (χ3v) is 7.32. The molecule has 0 unspecified atom stereocenters. The van der Waals surface area contributed by atoms with Crippen LogP contribution in [0.15, 0.2) is 59.8 Å². The monoisotopic (exact) mass is 544 g/mol. The van der Waals surface area contributed by atoms with Crippen LogP contribution < -0.4 is 5.32 Å². The molecule has 4 rings (SSSR count). The van der Waals surface area contributed by atoms with Crippen molar-refractivity contribution in [1.29, 1.82) is 0 Å². The average molecular weight is 545 g/mol. The molecule has 1 fully saturated rings. The molecule has 0 spiro atoms. The van der Waals surface area contributed by atoms with E-state index >= 15 is 0 Å². The van der Waals surface area contributed by atoms with Crippen LogP contribution in [-0.4, -0.2) is 78.5 Å². The molecule has 10 heteroatoms. The van der Waals surface area contributed by atoms with Crippen LogP contribution in [0.25, 0.3) is 0 Å². The van der Waals surface area contributed by atoms with Crippen molar-refractivity contribution in [3.05, 3.63) is 81.0 Å². The molecule has 3 amide bonds. The summed E-state index contributed by atoms with van der Waals surface area (Å²) < 4.78 is 5.40. The summed E-state index contributed by atoms with van der Waals surface area (Å²) in [5.74, 6) is -0.554. The molecule has 1 saturated heterocycles. The predicted molar refractivity (Wildman–Crippen MR) is 143 cm³/mol. The summed E-state index contributed by atoms with van der Waals surface area (Å²) in [6.45, 7) is 5.93. The predicted octanol–water partition coefficient (Wildman–Crippen LogP) is 4.35. The minimum Gasteiger partial charge on any atom is -0.463 e. The minimum atomic E-state index is -0.739. The van der Waals surface area contributed by atoms with Crippen molar-refractivity contribution in [2.45, 2.75) is 25.9 Å². The highest BCUT2D eigenvalue weighted by Gasteiger charge is 2.39. The Kier molecular flexibility index (Phi) is 8.42. The maximum Gasteiger partial charge on any atom is 0.338 e. The van der Waals surface area contributed by atoms with Gasteiger partial charge in [-0.1, -0.05) is 41.4 Å². The van der Waals surface area contributed by atoms with E-state index in [4.69, 9.17) is 27.9 Å². The number of nitrogens with zero attached hydrogens (tertiary/aromatic N) is 3. The zero-order chi connectivity index (χ0) is 26.7. The normalized spacial score (nSPS) is 20.6. The highest BCUT2D eigenvalue weighted by atomic mass is 35.5. The molecule has 0 aromatic heterocycles. The standard InChI is InChI=1S/C27H30Cl2N4O4/c1-4-37-26(35)23-22(31(3)27(36)30-24(23)20-7-5-6-8-21(20)29)16-32-13-14-33(17(2)15-32)25(34)18-9-11-19(28)12-10-18/h5-12,17,24H,4,13-16H2,1-3H3,(H,30,36)/t17-,24+/m0/s1. The van der Waals surface area contributed by atoms with Gasteiger partial charge in [-0.15, -0.1) is 0 Å². The second kappa shape index (κ2) is 11.5. The van der Waals surface area contributed by atoms with E-state index in [1.54, 1.807) is 56.4 Å². The molecule has 37 heavy (non-hydrogen) atoms. The zero-order valence-corrected chi connectivity index (χ0v) is 22.6. The van der Waals surface area contributed by atoms with Gasteiger partial charge in [0.05, 0.1) is 18.2 Å². The first kappa shape index (κ1) is 27.0. The largest absolute Gasteiger partial charge is 0.463 e. The number of nitrogens with one attached hydrogen (secondary N) is 1. The van der Waals surface area contributed by atoms with Gasteiger partial charge in [0.1, 0.15) is 0 Å². The molecule has 2 aliphatic rings. The lowest BCUT2D eigenvalue weighted by Gasteiger charge is -2.42. The number of urea groups is 1. The Hall–Kier alpha value is -3.07. The maximum absolute atomic E-state index is 13.2. The number of rotatable bonds is 6. The van der Waals surface area contributed by atoms with Crippen molar-refractivity contribution < 1.29 is 19.1 Å². The lowest BCUT2D eigenvalue weighted by molar-refractivity contribution is -0.139. The van der Waals surface area contributed by atoms with Crippen LogP contribution in [0.1, 0.15) is 35.8 Å². The van der Waals surface area contributed by atoms with Gasteiger partial charge in [0.15, 0.2) is 0 Å². The maximum atomic E-state index is 13.2. The molecule has 2 aromatic rings. The minimum absolute atomic E-state index is 0.0526. The van der Waals surface area contributed by atoms with Gasteiger partial charge in [0.2, 0.25) is 0 Å². The first-order valence-electron chi connectivity index (χ1n) is 12.2. The number of carbonyl (C=O) groups is 3. The summed E-state index contributed by atoms with van der Waals surface area (Å²) in [6, 6.07) is 12.8. The molecular weight excluding hydrogens is 515 g/mol. The number of amides is 3.